The molecule has 0 saturated heterocycles. The maximum absolute atomic E-state index is 13.3. The van der Waals surface area contributed by atoms with Crippen LogP contribution < -0.4 is 10.3 Å². The van der Waals surface area contributed by atoms with E-state index in [2.05, 4.69) is 75.1 Å². The molecule has 0 amide bonds. The van der Waals surface area contributed by atoms with Crippen LogP contribution >= 0.6 is 0 Å². The van der Waals surface area contributed by atoms with Crippen molar-refractivity contribution in [2.75, 3.05) is 7.11 Å². The predicted molar refractivity (Wildman–Crippen MR) is 149 cm³/mol. The van der Waals surface area contributed by atoms with Crippen LogP contribution in [0, 0.1) is 13.8 Å². The van der Waals surface area contributed by atoms with Gasteiger partial charge in [-0.1, -0.05) is 38.3 Å². The van der Waals surface area contributed by atoms with Crippen molar-refractivity contribution >= 4 is 10.9 Å². The zero-order valence-electron chi connectivity index (χ0n) is 22.9. The fourth-order valence-electron chi connectivity index (χ4n) is 5.71. The standard InChI is InChI=1S/C30H38N6O2/c1-5-28(29-32-33-34-36(29)25-9-7-6-8-10-25)35(18-22-11-13-26(38-4)14-12-22)19-24-17-23-15-20(2)21(3)16-27(23)31-30(24)37/h11-17,25,28H,5-10,18-19H2,1-4H3,(H,31,37). The second-order valence-electron chi connectivity index (χ2n) is 10.6. The Kier molecular flexibility index (Phi) is 7.88. The zero-order valence-corrected chi connectivity index (χ0v) is 22.9. The molecule has 1 unspecified atom stereocenters. The molecule has 1 N–H and O–H groups in total. The predicted octanol–water partition coefficient (Wildman–Crippen LogP) is 5.80. The van der Waals surface area contributed by atoms with E-state index in [-0.39, 0.29) is 11.6 Å². The number of nitrogens with zero attached hydrogens (tertiary/aromatic N) is 5. The minimum atomic E-state index is -0.0535. The topological polar surface area (TPSA) is 88.9 Å². The average Bonchev–Trinajstić information content (AvgIpc) is 3.41. The highest BCUT2D eigenvalue weighted by Crippen LogP contribution is 2.33. The molecule has 8 heteroatoms. The molecule has 1 saturated carbocycles. The molecule has 1 fully saturated rings. The number of tetrazole rings is 1. The van der Waals surface area contributed by atoms with Gasteiger partial charge in [-0.05, 0) is 95.9 Å². The molecular formula is C30H38N6O2. The minimum Gasteiger partial charge on any atom is -0.497 e. The first kappa shape index (κ1) is 26.1. The lowest BCUT2D eigenvalue weighted by Crippen LogP contribution is -2.33. The van der Waals surface area contributed by atoms with Crippen molar-refractivity contribution in [1.29, 1.82) is 0 Å². The van der Waals surface area contributed by atoms with E-state index in [4.69, 9.17) is 4.74 Å². The summed E-state index contributed by atoms with van der Waals surface area (Å²) in [5.41, 5.74) is 5.08. The third-order valence-electron chi connectivity index (χ3n) is 8.02. The van der Waals surface area contributed by atoms with Crippen LogP contribution in [0.4, 0.5) is 0 Å². The molecule has 5 rings (SSSR count). The minimum absolute atomic E-state index is 0.0381. The highest BCUT2D eigenvalue weighted by Gasteiger charge is 2.29. The molecule has 8 nitrogen and oxygen atoms in total. The van der Waals surface area contributed by atoms with Crippen molar-refractivity contribution in [2.45, 2.75) is 84.5 Å². The Hall–Kier alpha value is -3.52. The van der Waals surface area contributed by atoms with Crippen LogP contribution in [0.1, 0.15) is 85.6 Å². The van der Waals surface area contributed by atoms with Gasteiger partial charge in [0, 0.05) is 24.2 Å². The maximum atomic E-state index is 13.3. The molecule has 0 spiro atoms. The maximum Gasteiger partial charge on any atom is 0.252 e. The van der Waals surface area contributed by atoms with Gasteiger partial charge in [0.2, 0.25) is 0 Å². The smallest absolute Gasteiger partial charge is 0.252 e. The molecule has 0 aliphatic heterocycles. The van der Waals surface area contributed by atoms with Crippen LogP contribution in [0.15, 0.2) is 47.3 Å². The van der Waals surface area contributed by atoms with Crippen LogP contribution in [0.3, 0.4) is 0 Å². The number of ether oxygens (including phenoxy) is 1. The van der Waals surface area contributed by atoms with E-state index < -0.39 is 0 Å². The second kappa shape index (κ2) is 11.5. The number of hydrogen-bond acceptors (Lipinski definition) is 6. The molecule has 2 heterocycles. The van der Waals surface area contributed by atoms with E-state index in [9.17, 15) is 4.79 Å². The first-order chi connectivity index (χ1) is 18.5. The molecule has 2 aromatic carbocycles. The monoisotopic (exact) mass is 514 g/mol. The third kappa shape index (κ3) is 5.50. The SMILES string of the molecule is CCC(c1nnnn1C1CCCCC1)N(Cc1ccc(OC)cc1)Cc1cc2cc(C)c(C)cc2[nH]c1=O. The number of aromatic nitrogens is 5. The first-order valence-corrected chi connectivity index (χ1v) is 13.7. The number of hydrogen-bond donors (Lipinski definition) is 1. The Bertz CT molecular complexity index is 1440. The number of rotatable bonds is 9. The number of fused-ring (bicyclic) bond motifs is 1. The fourth-order valence-corrected chi connectivity index (χ4v) is 5.71. The number of aryl methyl sites for hydroxylation is 2. The molecule has 2 aromatic heterocycles. The van der Waals surface area contributed by atoms with Gasteiger partial charge in [0.1, 0.15) is 5.75 Å². The number of aromatic amines is 1. The van der Waals surface area contributed by atoms with E-state index in [1.807, 2.05) is 18.2 Å². The van der Waals surface area contributed by atoms with Crippen molar-refractivity contribution in [2.24, 2.45) is 0 Å². The summed E-state index contributed by atoms with van der Waals surface area (Å²) in [5, 5.41) is 14.2. The number of H-pyrrole nitrogens is 1. The van der Waals surface area contributed by atoms with Crippen molar-refractivity contribution in [1.82, 2.24) is 30.1 Å². The van der Waals surface area contributed by atoms with E-state index >= 15 is 0 Å². The molecule has 1 aliphatic rings. The normalized spacial score (nSPS) is 15.3. The van der Waals surface area contributed by atoms with Crippen molar-refractivity contribution < 1.29 is 4.74 Å². The summed E-state index contributed by atoms with van der Waals surface area (Å²) in [6.45, 7) is 7.49. The van der Waals surface area contributed by atoms with Gasteiger partial charge in [-0.3, -0.25) is 9.69 Å². The first-order valence-electron chi connectivity index (χ1n) is 13.7. The molecular weight excluding hydrogens is 476 g/mol. The lowest BCUT2D eigenvalue weighted by molar-refractivity contribution is 0.155. The molecule has 0 bridgehead atoms. The third-order valence-corrected chi connectivity index (χ3v) is 8.02. The van der Waals surface area contributed by atoms with Crippen LogP contribution in [-0.4, -0.2) is 37.2 Å². The summed E-state index contributed by atoms with van der Waals surface area (Å²) in [7, 11) is 1.68. The summed E-state index contributed by atoms with van der Waals surface area (Å²) >= 11 is 0. The van der Waals surface area contributed by atoms with Crippen LogP contribution in [0.2, 0.25) is 0 Å². The van der Waals surface area contributed by atoms with Crippen molar-refractivity contribution in [3.63, 3.8) is 0 Å². The van der Waals surface area contributed by atoms with E-state index in [0.29, 0.717) is 19.1 Å². The summed E-state index contributed by atoms with van der Waals surface area (Å²) in [6.07, 6.45) is 6.74. The van der Waals surface area contributed by atoms with Crippen LogP contribution in [0.25, 0.3) is 10.9 Å². The van der Waals surface area contributed by atoms with Gasteiger partial charge in [-0.15, -0.1) is 5.10 Å². The quantitative estimate of drug-likeness (QED) is 0.304. The summed E-state index contributed by atoms with van der Waals surface area (Å²) < 4.78 is 7.43. The van der Waals surface area contributed by atoms with Crippen LogP contribution in [0.5, 0.6) is 5.75 Å². The van der Waals surface area contributed by atoms with Crippen molar-refractivity contribution in [3.05, 3.63) is 80.9 Å². The van der Waals surface area contributed by atoms with E-state index in [1.54, 1.807) is 7.11 Å². The summed E-state index contributed by atoms with van der Waals surface area (Å²) in [6, 6.07) is 14.7. The molecule has 4 aromatic rings. The van der Waals surface area contributed by atoms with Gasteiger partial charge in [0.15, 0.2) is 5.82 Å². The van der Waals surface area contributed by atoms with Gasteiger partial charge in [-0.2, -0.15) is 0 Å². The number of methoxy groups -OCH3 is 1. The zero-order chi connectivity index (χ0) is 26.6. The summed E-state index contributed by atoms with van der Waals surface area (Å²) in [4.78, 5) is 18.7. The Morgan fingerprint density at radius 2 is 1.79 bits per heavy atom. The van der Waals surface area contributed by atoms with Gasteiger partial charge < -0.3 is 9.72 Å². The van der Waals surface area contributed by atoms with E-state index in [1.165, 1.54) is 30.4 Å². The van der Waals surface area contributed by atoms with Gasteiger partial charge in [0.05, 0.1) is 19.2 Å². The molecule has 38 heavy (non-hydrogen) atoms. The van der Waals surface area contributed by atoms with Gasteiger partial charge in [-0.25, -0.2) is 4.68 Å². The molecule has 1 aliphatic carbocycles. The molecule has 200 valence electrons. The van der Waals surface area contributed by atoms with E-state index in [0.717, 1.165) is 52.9 Å². The van der Waals surface area contributed by atoms with Gasteiger partial charge in [0.25, 0.3) is 5.56 Å². The molecule has 0 radical (unpaired) electrons. The lowest BCUT2D eigenvalue weighted by atomic mass is 9.95. The molecule has 1 atom stereocenters. The fraction of sp³-hybridized carbons (Fsp3) is 0.467. The number of pyridine rings is 1. The highest BCUT2D eigenvalue weighted by atomic mass is 16.5. The Labute approximate surface area is 224 Å². The Morgan fingerprint density at radius 3 is 2.50 bits per heavy atom. The Morgan fingerprint density at radius 1 is 1.05 bits per heavy atom. The number of nitrogens with one attached hydrogen (secondary N) is 1. The van der Waals surface area contributed by atoms with Crippen LogP contribution in [-0.2, 0) is 13.1 Å². The Balaban J connectivity index is 1.53. The van der Waals surface area contributed by atoms with Gasteiger partial charge >= 0.3 is 0 Å². The second-order valence-corrected chi connectivity index (χ2v) is 10.6. The average molecular weight is 515 g/mol. The largest absolute Gasteiger partial charge is 0.497 e. The lowest BCUT2D eigenvalue weighted by Gasteiger charge is -2.32. The summed E-state index contributed by atoms with van der Waals surface area (Å²) in [5.74, 6) is 1.71. The number of benzene rings is 2. The highest BCUT2D eigenvalue weighted by molar-refractivity contribution is 5.80. The van der Waals surface area contributed by atoms with Crippen molar-refractivity contribution in [3.8, 4) is 5.75 Å².